The summed E-state index contributed by atoms with van der Waals surface area (Å²) in [6.45, 7) is 2.00. The minimum atomic E-state index is -0.324. The van der Waals surface area contributed by atoms with Crippen LogP contribution < -0.4 is 0 Å². The molecule has 0 aliphatic heterocycles. The third-order valence-corrected chi connectivity index (χ3v) is 3.00. The Balaban J connectivity index is 2.89. The number of allylic oxidation sites excluding steroid dienone is 3. The zero-order valence-electron chi connectivity index (χ0n) is 6.22. The Hall–Kier alpha value is 0.210. The van der Waals surface area contributed by atoms with E-state index in [4.69, 9.17) is 16.7 Å². The van der Waals surface area contributed by atoms with E-state index in [1.807, 2.05) is 25.2 Å². The summed E-state index contributed by atoms with van der Waals surface area (Å²) >= 11 is 9.31. The smallest absolute Gasteiger partial charge is 0.0630 e. The molecule has 1 aliphatic carbocycles. The van der Waals surface area contributed by atoms with Gasteiger partial charge in [-0.05, 0) is 0 Å². The van der Waals surface area contributed by atoms with Gasteiger partial charge in [0.2, 0.25) is 0 Å². The van der Waals surface area contributed by atoms with E-state index >= 15 is 0 Å². The lowest BCUT2D eigenvalue weighted by Gasteiger charge is -2.29. The second-order valence-electron chi connectivity index (χ2n) is 2.95. The van der Waals surface area contributed by atoms with Gasteiger partial charge in [-0.15, -0.1) is 11.6 Å². The molecule has 3 heteroatoms. The second-order valence-corrected chi connectivity index (χ2v) is 4.34. The highest BCUT2D eigenvalue weighted by Gasteiger charge is 2.30. The number of aliphatic hydroxyl groups is 1. The highest BCUT2D eigenvalue weighted by atomic mass is 79.9. The number of halogens is 2. The van der Waals surface area contributed by atoms with Crippen LogP contribution in [0.25, 0.3) is 0 Å². The molecule has 0 aromatic heterocycles. The van der Waals surface area contributed by atoms with E-state index in [0.717, 1.165) is 4.48 Å². The standard InChI is InChI=1S/C8H10BrClO/c1-8(5-11)4-6(9)2-3-7(8)10/h2-4,7,11H,5H2,1H3. The summed E-state index contributed by atoms with van der Waals surface area (Å²) in [6.07, 6.45) is 5.71. The van der Waals surface area contributed by atoms with Gasteiger partial charge < -0.3 is 5.11 Å². The molecule has 1 nitrogen and oxygen atoms in total. The van der Waals surface area contributed by atoms with Crippen molar-refractivity contribution in [1.82, 2.24) is 0 Å². The maximum absolute atomic E-state index is 9.05. The normalized spacial score (nSPS) is 37.1. The van der Waals surface area contributed by atoms with Gasteiger partial charge in [-0.2, -0.15) is 0 Å². The zero-order valence-corrected chi connectivity index (χ0v) is 8.56. The summed E-state index contributed by atoms with van der Waals surface area (Å²) in [4.78, 5) is 0. The van der Waals surface area contributed by atoms with Crippen molar-refractivity contribution in [3.05, 3.63) is 22.7 Å². The largest absolute Gasteiger partial charge is 0.395 e. The fourth-order valence-corrected chi connectivity index (χ4v) is 1.85. The number of hydrogen-bond acceptors (Lipinski definition) is 1. The highest BCUT2D eigenvalue weighted by Crippen LogP contribution is 2.34. The Morgan fingerprint density at radius 3 is 2.91 bits per heavy atom. The van der Waals surface area contributed by atoms with Crippen LogP contribution in [0.5, 0.6) is 0 Å². The van der Waals surface area contributed by atoms with Crippen molar-refractivity contribution < 1.29 is 5.11 Å². The van der Waals surface area contributed by atoms with E-state index in [2.05, 4.69) is 15.9 Å². The van der Waals surface area contributed by atoms with Gasteiger partial charge in [-0.1, -0.05) is 41.1 Å². The summed E-state index contributed by atoms with van der Waals surface area (Å²) in [5.41, 5.74) is -0.324. The molecular formula is C8H10BrClO. The van der Waals surface area contributed by atoms with Gasteiger partial charge in [-0.25, -0.2) is 0 Å². The molecule has 11 heavy (non-hydrogen) atoms. The van der Waals surface area contributed by atoms with E-state index in [0.29, 0.717) is 0 Å². The minimum Gasteiger partial charge on any atom is -0.395 e. The van der Waals surface area contributed by atoms with Crippen LogP contribution in [0.15, 0.2) is 22.7 Å². The second kappa shape index (κ2) is 3.30. The SMILES string of the molecule is CC1(CO)C=C(Br)C=CC1Cl. The fraction of sp³-hybridized carbons (Fsp3) is 0.500. The predicted molar refractivity (Wildman–Crippen MR) is 51.0 cm³/mol. The van der Waals surface area contributed by atoms with Crippen LogP contribution in [0.2, 0.25) is 0 Å². The van der Waals surface area contributed by atoms with Crippen molar-refractivity contribution >= 4 is 27.5 Å². The summed E-state index contributed by atoms with van der Waals surface area (Å²) in [6, 6.07) is 0. The maximum atomic E-state index is 9.05. The van der Waals surface area contributed by atoms with Crippen molar-refractivity contribution in [1.29, 1.82) is 0 Å². The Morgan fingerprint density at radius 1 is 1.82 bits per heavy atom. The van der Waals surface area contributed by atoms with Crippen LogP contribution in [0.4, 0.5) is 0 Å². The zero-order chi connectivity index (χ0) is 8.48. The summed E-state index contributed by atoms with van der Waals surface area (Å²) in [5.74, 6) is 0. The van der Waals surface area contributed by atoms with E-state index in [1.54, 1.807) is 0 Å². The molecule has 0 fully saturated rings. The number of hydrogen-bond donors (Lipinski definition) is 1. The average molecular weight is 238 g/mol. The van der Waals surface area contributed by atoms with Crippen LogP contribution >= 0.6 is 27.5 Å². The van der Waals surface area contributed by atoms with Gasteiger partial charge in [-0.3, -0.25) is 0 Å². The van der Waals surface area contributed by atoms with E-state index in [1.165, 1.54) is 0 Å². The molecule has 0 amide bonds. The highest BCUT2D eigenvalue weighted by molar-refractivity contribution is 9.11. The molecule has 0 aromatic rings. The molecule has 1 N–H and O–H groups in total. The molecule has 0 aromatic carbocycles. The molecule has 2 atom stereocenters. The van der Waals surface area contributed by atoms with Gasteiger partial charge >= 0.3 is 0 Å². The lowest BCUT2D eigenvalue weighted by atomic mass is 9.84. The van der Waals surface area contributed by atoms with Gasteiger partial charge in [0.15, 0.2) is 0 Å². The third kappa shape index (κ3) is 1.86. The van der Waals surface area contributed by atoms with Crippen LogP contribution in [-0.2, 0) is 0 Å². The lowest BCUT2D eigenvalue weighted by Crippen LogP contribution is -2.30. The Kier molecular flexibility index (Phi) is 2.79. The molecule has 62 valence electrons. The number of aliphatic hydroxyl groups excluding tert-OH is 1. The third-order valence-electron chi connectivity index (χ3n) is 1.86. The predicted octanol–water partition coefficient (Wildman–Crippen LogP) is 2.44. The number of rotatable bonds is 1. The first-order valence-electron chi connectivity index (χ1n) is 3.40. The Bertz CT molecular complexity index is 212. The van der Waals surface area contributed by atoms with Crippen molar-refractivity contribution in [2.45, 2.75) is 12.3 Å². The summed E-state index contributed by atoms with van der Waals surface area (Å²) in [5, 5.41) is 8.94. The average Bonchev–Trinajstić information content (AvgIpc) is 1.98. The molecule has 2 unspecified atom stereocenters. The molecule has 0 heterocycles. The first-order chi connectivity index (χ1) is 5.08. The fourth-order valence-electron chi connectivity index (χ4n) is 0.972. The van der Waals surface area contributed by atoms with Crippen LogP contribution in [0.1, 0.15) is 6.92 Å². The summed E-state index contributed by atoms with van der Waals surface area (Å²) in [7, 11) is 0. The van der Waals surface area contributed by atoms with Crippen LogP contribution in [0, 0.1) is 5.41 Å². The van der Waals surface area contributed by atoms with Crippen molar-refractivity contribution in [2.75, 3.05) is 6.61 Å². The van der Waals surface area contributed by atoms with E-state index < -0.39 is 0 Å². The van der Waals surface area contributed by atoms with Crippen LogP contribution in [-0.4, -0.2) is 17.1 Å². The first kappa shape index (κ1) is 9.30. The topological polar surface area (TPSA) is 20.2 Å². The van der Waals surface area contributed by atoms with Crippen molar-refractivity contribution in [3.8, 4) is 0 Å². The maximum Gasteiger partial charge on any atom is 0.0630 e. The number of alkyl halides is 1. The van der Waals surface area contributed by atoms with E-state index in [9.17, 15) is 0 Å². The summed E-state index contributed by atoms with van der Waals surface area (Å²) < 4.78 is 0.978. The van der Waals surface area contributed by atoms with Gasteiger partial charge in [0.05, 0.1) is 12.0 Å². The molecule has 1 aliphatic rings. The molecular weight excluding hydrogens is 227 g/mol. The minimum absolute atomic E-state index is 0.0700. The first-order valence-corrected chi connectivity index (χ1v) is 4.63. The molecule has 0 saturated carbocycles. The van der Waals surface area contributed by atoms with Gasteiger partial charge in [0.1, 0.15) is 0 Å². The Labute approximate surface area is 79.9 Å². The molecule has 0 spiro atoms. The molecule has 0 radical (unpaired) electrons. The lowest BCUT2D eigenvalue weighted by molar-refractivity contribution is 0.188. The molecule has 1 rings (SSSR count). The van der Waals surface area contributed by atoms with E-state index in [-0.39, 0.29) is 17.4 Å². The van der Waals surface area contributed by atoms with Crippen molar-refractivity contribution in [3.63, 3.8) is 0 Å². The Morgan fingerprint density at radius 2 is 2.45 bits per heavy atom. The molecule has 0 saturated heterocycles. The van der Waals surface area contributed by atoms with Crippen molar-refractivity contribution in [2.24, 2.45) is 5.41 Å². The van der Waals surface area contributed by atoms with Gasteiger partial charge in [0.25, 0.3) is 0 Å². The molecule has 0 bridgehead atoms. The van der Waals surface area contributed by atoms with Gasteiger partial charge in [0, 0.05) is 9.90 Å². The quantitative estimate of drug-likeness (QED) is 0.695. The van der Waals surface area contributed by atoms with Crippen LogP contribution in [0.3, 0.4) is 0 Å². The monoisotopic (exact) mass is 236 g/mol.